The van der Waals surface area contributed by atoms with Gasteiger partial charge < -0.3 is 24.3 Å². The van der Waals surface area contributed by atoms with Crippen molar-refractivity contribution in [1.29, 1.82) is 0 Å². The van der Waals surface area contributed by atoms with Gasteiger partial charge in [-0.05, 0) is 157 Å². The quantitative estimate of drug-likeness (QED) is 0.134. The van der Waals surface area contributed by atoms with Crippen LogP contribution in [0.15, 0.2) is 261 Å². The number of nitrogens with zero attached hydrogens (tertiary/aromatic N) is 4. The lowest BCUT2D eigenvalue weighted by Gasteiger charge is -2.45. The maximum atomic E-state index is 6.63. The van der Waals surface area contributed by atoms with E-state index in [4.69, 9.17) is 4.74 Å². The Morgan fingerprint density at radius 1 is 0.351 bits per heavy atom. The minimum atomic E-state index is -0.299. The highest BCUT2D eigenvalue weighted by Gasteiger charge is 2.45. The Morgan fingerprint density at radius 2 is 0.831 bits per heavy atom. The maximum Gasteiger partial charge on any atom is 0.252 e. The predicted molar refractivity (Wildman–Crippen MR) is 323 cm³/mol. The normalized spacial score (nSPS) is 13.3. The van der Waals surface area contributed by atoms with E-state index in [9.17, 15) is 0 Å². The summed E-state index contributed by atoms with van der Waals surface area (Å²) in [7, 11) is 0. The number of hydrogen-bond donors (Lipinski definition) is 0. The van der Waals surface area contributed by atoms with Crippen molar-refractivity contribution < 1.29 is 4.74 Å². The molecule has 3 heterocycles. The average molecular weight is 991 g/mol. The molecule has 0 unspecified atom stereocenters. The molecule has 6 heteroatoms. The van der Waals surface area contributed by atoms with Crippen molar-refractivity contribution in [3.63, 3.8) is 0 Å². The van der Waals surface area contributed by atoms with Crippen molar-refractivity contribution in [3.8, 4) is 22.6 Å². The molecular weight excluding hydrogens is 936 g/mol. The Bertz CT molecular complexity index is 3980. The van der Waals surface area contributed by atoms with Gasteiger partial charge in [0.25, 0.3) is 6.71 Å². The van der Waals surface area contributed by atoms with Gasteiger partial charge in [-0.15, -0.1) is 0 Å². The van der Waals surface area contributed by atoms with Gasteiger partial charge in [0, 0.05) is 79.1 Å². The molecule has 14 rings (SSSR count). The molecule has 368 valence electrons. The molecule has 0 spiro atoms. The second-order valence-corrected chi connectivity index (χ2v) is 21.1. The summed E-state index contributed by atoms with van der Waals surface area (Å²) in [6.45, 7) is 8.91. The van der Waals surface area contributed by atoms with E-state index < -0.39 is 0 Å². The van der Waals surface area contributed by atoms with Crippen molar-refractivity contribution in [1.82, 2.24) is 0 Å². The minimum absolute atomic E-state index is 0.0941. The zero-order chi connectivity index (χ0) is 51.8. The van der Waals surface area contributed by atoms with E-state index in [1.54, 1.807) is 0 Å². The van der Waals surface area contributed by atoms with E-state index in [-0.39, 0.29) is 12.1 Å². The lowest BCUT2D eigenvalue weighted by molar-refractivity contribution is 0.418. The van der Waals surface area contributed by atoms with E-state index in [0.717, 1.165) is 79.6 Å². The molecule has 0 atom stereocenters. The summed E-state index contributed by atoms with van der Waals surface area (Å²) in [5, 5.41) is 0. The molecule has 5 nitrogen and oxygen atoms in total. The molecule has 0 radical (unpaired) electrons. The Kier molecular flexibility index (Phi) is 11.0. The fourth-order valence-corrected chi connectivity index (χ4v) is 12.2. The molecule has 0 saturated carbocycles. The van der Waals surface area contributed by atoms with E-state index in [1.165, 1.54) is 49.9 Å². The molecule has 11 aromatic carbocycles. The molecule has 3 aliphatic heterocycles. The summed E-state index contributed by atoms with van der Waals surface area (Å²) in [4.78, 5) is 9.87. The lowest BCUT2D eigenvalue weighted by atomic mass is 9.33. The Hall–Kier alpha value is -9.52. The van der Waals surface area contributed by atoms with Crippen LogP contribution in [0, 0.1) is 13.8 Å². The van der Waals surface area contributed by atoms with Crippen LogP contribution in [0.25, 0.3) is 11.1 Å². The molecule has 3 aliphatic rings. The number of ether oxygens (including phenoxy) is 1. The van der Waals surface area contributed by atoms with Gasteiger partial charge in [-0.3, -0.25) is 0 Å². The summed E-state index contributed by atoms with van der Waals surface area (Å²) in [5.41, 5.74) is 23.7. The predicted octanol–water partition coefficient (Wildman–Crippen LogP) is 17.4. The molecule has 0 bridgehead atoms. The van der Waals surface area contributed by atoms with Gasteiger partial charge >= 0.3 is 0 Å². The summed E-state index contributed by atoms with van der Waals surface area (Å²) >= 11 is 0. The molecule has 0 saturated heterocycles. The van der Waals surface area contributed by atoms with Gasteiger partial charge in [0.2, 0.25) is 0 Å². The highest BCUT2D eigenvalue weighted by atomic mass is 16.5. The number of anilines is 12. The Morgan fingerprint density at radius 3 is 1.47 bits per heavy atom. The fraction of sp³-hybridized carbons (Fsp3) is 0.0704. The van der Waals surface area contributed by atoms with Crippen molar-refractivity contribution in [2.45, 2.75) is 33.1 Å². The first kappa shape index (κ1) is 46.0. The highest BCUT2D eigenvalue weighted by molar-refractivity contribution is 7.00. The van der Waals surface area contributed by atoms with Gasteiger partial charge in [-0.2, -0.15) is 0 Å². The van der Waals surface area contributed by atoms with Crippen LogP contribution in [0.1, 0.15) is 36.1 Å². The molecular formula is C71H55BN4O. The van der Waals surface area contributed by atoms with Crippen LogP contribution in [-0.2, 0) is 5.41 Å². The highest BCUT2D eigenvalue weighted by Crippen LogP contribution is 2.52. The zero-order valence-corrected chi connectivity index (χ0v) is 43.6. The van der Waals surface area contributed by atoms with Crippen LogP contribution in [0.3, 0.4) is 0 Å². The second kappa shape index (κ2) is 18.4. The third kappa shape index (κ3) is 7.78. The van der Waals surface area contributed by atoms with E-state index in [0.29, 0.717) is 0 Å². The SMILES string of the molecule is Cc1ccc(N2c3ccc(C)cc3B3c4ccc(N(c5ccccc5)c5ccc6c(c5)C(C)(C)c5ccccc5O6)cc4N(c4ccc(-c5ccccc5)cc4)c4cc(N(c5ccccc5)c5ccccc5)cc2c43)cc1. The Balaban J connectivity index is 1.05. The summed E-state index contributed by atoms with van der Waals surface area (Å²) in [5.74, 6) is 1.79. The van der Waals surface area contributed by atoms with Crippen LogP contribution in [-0.4, -0.2) is 6.71 Å². The van der Waals surface area contributed by atoms with Gasteiger partial charge in [-0.1, -0.05) is 171 Å². The fourth-order valence-electron chi connectivity index (χ4n) is 12.2. The minimum Gasteiger partial charge on any atom is -0.457 e. The summed E-state index contributed by atoms with van der Waals surface area (Å²) in [6, 6.07) is 95.5. The van der Waals surface area contributed by atoms with Crippen molar-refractivity contribution >= 4 is 91.3 Å². The van der Waals surface area contributed by atoms with Crippen LogP contribution >= 0.6 is 0 Å². The molecule has 0 aliphatic carbocycles. The number of benzene rings is 11. The van der Waals surface area contributed by atoms with E-state index in [1.807, 2.05) is 0 Å². The Labute approximate surface area is 452 Å². The van der Waals surface area contributed by atoms with Crippen molar-refractivity contribution in [2.24, 2.45) is 0 Å². The third-order valence-corrected chi connectivity index (χ3v) is 16.0. The second-order valence-electron chi connectivity index (χ2n) is 21.1. The van der Waals surface area contributed by atoms with E-state index in [2.05, 4.69) is 308 Å². The van der Waals surface area contributed by atoms with Crippen LogP contribution in [0.5, 0.6) is 11.5 Å². The van der Waals surface area contributed by atoms with Gasteiger partial charge in [0.1, 0.15) is 11.5 Å². The molecule has 77 heavy (non-hydrogen) atoms. The molecule has 0 aromatic heterocycles. The topological polar surface area (TPSA) is 22.2 Å². The first-order valence-electron chi connectivity index (χ1n) is 26.7. The van der Waals surface area contributed by atoms with Crippen LogP contribution in [0.4, 0.5) is 68.2 Å². The smallest absolute Gasteiger partial charge is 0.252 e. The maximum absolute atomic E-state index is 6.63. The average Bonchev–Trinajstić information content (AvgIpc) is 3.47. The molecule has 0 amide bonds. The standard InChI is InChI=1S/C71H55BN4O/c1-48-29-34-55(35-30-48)75-64-41-31-49(2)43-63(64)72-62-40-38-58(74(54-25-15-8-16-26-54)57-39-42-69-61(44-57)71(3,4)60-27-17-18-28-68(60)77-69)45-65(62)76(56-36-32-51(33-37-56)50-19-9-5-10-20-50)67-47-59(46-66(75)70(67)72)73(52-21-11-6-12-22-52)53-23-13-7-14-24-53/h5-47H,1-4H3. The molecule has 0 N–H and O–H groups in total. The van der Waals surface area contributed by atoms with Gasteiger partial charge in [0.05, 0.1) is 5.69 Å². The van der Waals surface area contributed by atoms with Gasteiger partial charge in [0.15, 0.2) is 0 Å². The summed E-state index contributed by atoms with van der Waals surface area (Å²) < 4.78 is 6.63. The molecule has 0 fully saturated rings. The third-order valence-electron chi connectivity index (χ3n) is 16.0. The van der Waals surface area contributed by atoms with Gasteiger partial charge in [-0.25, -0.2) is 0 Å². The van der Waals surface area contributed by atoms with Crippen LogP contribution in [0.2, 0.25) is 0 Å². The van der Waals surface area contributed by atoms with E-state index >= 15 is 0 Å². The number of aryl methyl sites for hydroxylation is 2. The number of hydrogen-bond acceptors (Lipinski definition) is 5. The molecule has 11 aromatic rings. The largest absolute Gasteiger partial charge is 0.457 e. The van der Waals surface area contributed by atoms with Crippen molar-refractivity contribution in [3.05, 3.63) is 283 Å². The number of para-hydroxylation sites is 4. The monoisotopic (exact) mass is 990 g/mol. The first-order valence-corrected chi connectivity index (χ1v) is 26.7. The first-order chi connectivity index (χ1) is 37.8. The van der Waals surface area contributed by atoms with Crippen molar-refractivity contribution in [2.75, 3.05) is 19.6 Å². The lowest BCUT2D eigenvalue weighted by Crippen LogP contribution is -2.61. The van der Waals surface area contributed by atoms with Crippen LogP contribution < -0.4 is 40.7 Å². The number of rotatable bonds is 9. The zero-order valence-electron chi connectivity index (χ0n) is 43.6. The summed E-state index contributed by atoms with van der Waals surface area (Å²) in [6.07, 6.45) is 0. The number of fused-ring (bicyclic) bond motifs is 6.